The van der Waals surface area contributed by atoms with E-state index >= 15 is 0 Å². The van der Waals surface area contributed by atoms with Crippen molar-refractivity contribution in [3.05, 3.63) is 47.2 Å². The first-order valence-corrected chi connectivity index (χ1v) is 10.1. The van der Waals surface area contributed by atoms with Crippen LogP contribution < -0.4 is 14.4 Å². The van der Waals surface area contributed by atoms with Gasteiger partial charge in [-0.2, -0.15) is 5.26 Å². The largest absolute Gasteiger partial charge is 0.493 e. The Labute approximate surface area is 171 Å². The molecule has 6 heteroatoms. The average molecular weight is 393 g/mol. The Morgan fingerprint density at radius 2 is 1.83 bits per heavy atom. The number of nitriles is 1. The Morgan fingerprint density at radius 3 is 2.48 bits per heavy atom. The van der Waals surface area contributed by atoms with E-state index in [0.29, 0.717) is 28.9 Å². The van der Waals surface area contributed by atoms with Crippen molar-refractivity contribution >= 4 is 5.82 Å². The van der Waals surface area contributed by atoms with Crippen LogP contribution in [0, 0.1) is 37.0 Å². The van der Waals surface area contributed by atoms with E-state index in [9.17, 15) is 10.4 Å². The van der Waals surface area contributed by atoms with Crippen molar-refractivity contribution in [3.8, 4) is 17.6 Å². The Hall–Kier alpha value is -2.78. The summed E-state index contributed by atoms with van der Waals surface area (Å²) in [7, 11) is 1.62. The van der Waals surface area contributed by atoms with Crippen molar-refractivity contribution in [1.82, 2.24) is 4.98 Å². The van der Waals surface area contributed by atoms with Gasteiger partial charge in [-0.15, -0.1) is 0 Å². The monoisotopic (exact) mass is 393 g/mol. The van der Waals surface area contributed by atoms with Gasteiger partial charge in [0.2, 0.25) is 0 Å². The first-order chi connectivity index (χ1) is 14.0. The highest BCUT2D eigenvalue weighted by Crippen LogP contribution is 2.40. The predicted molar refractivity (Wildman–Crippen MR) is 110 cm³/mol. The molecule has 2 aromatic rings. The van der Waals surface area contributed by atoms with Crippen LogP contribution >= 0.6 is 0 Å². The molecule has 1 N–H and O–H groups in total. The quantitative estimate of drug-likeness (QED) is 0.859. The summed E-state index contributed by atoms with van der Waals surface area (Å²) in [5.74, 6) is 3.14. The number of aliphatic hydroxyl groups is 1. The summed E-state index contributed by atoms with van der Waals surface area (Å²) in [6.07, 6.45) is 0.771. The molecule has 2 fully saturated rings. The molecular weight excluding hydrogens is 366 g/mol. The van der Waals surface area contributed by atoms with E-state index in [2.05, 4.69) is 16.0 Å². The van der Waals surface area contributed by atoms with Crippen molar-refractivity contribution in [1.29, 1.82) is 5.26 Å². The number of ether oxygens (including phenoxy) is 2. The third-order valence-electron chi connectivity index (χ3n) is 6.25. The molecule has 29 heavy (non-hydrogen) atoms. The van der Waals surface area contributed by atoms with E-state index in [4.69, 9.17) is 9.47 Å². The van der Waals surface area contributed by atoms with E-state index in [0.717, 1.165) is 43.0 Å². The van der Waals surface area contributed by atoms with Crippen molar-refractivity contribution in [2.24, 2.45) is 11.8 Å². The van der Waals surface area contributed by atoms with Gasteiger partial charge in [-0.3, -0.25) is 0 Å². The molecule has 1 saturated carbocycles. The van der Waals surface area contributed by atoms with E-state index in [1.54, 1.807) is 7.11 Å². The zero-order valence-corrected chi connectivity index (χ0v) is 17.1. The second-order valence-corrected chi connectivity index (χ2v) is 8.14. The maximum Gasteiger partial charge on any atom is 0.161 e. The SMILES string of the molecule is COc1ccccc1O[C@@H]1C[C@@H]2CN(c3cc(C)c(C#N)c(C)n3)C[C@@H]2C[C@H]1O. The lowest BCUT2D eigenvalue weighted by atomic mass is 9.78. The molecule has 1 aromatic heterocycles. The summed E-state index contributed by atoms with van der Waals surface area (Å²) in [5, 5.41) is 20.0. The highest BCUT2D eigenvalue weighted by molar-refractivity contribution is 5.51. The first-order valence-electron chi connectivity index (χ1n) is 10.1. The lowest BCUT2D eigenvalue weighted by Gasteiger charge is -2.35. The number of aryl methyl sites for hydroxylation is 2. The van der Waals surface area contributed by atoms with Gasteiger partial charge >= 0.3 is 0 Å². The van der Waals surface area contributed by atoms with Gasteiger partial charge in [-0.1, -0.05) is 12.1 Å². The highest BCUT2D eigenvalue weighted by Gasteiger charge is 2.43. The maximum atomic E-state index is 10.7. The highest BCUT2D eigenvalue weighted by atomic mass is 16.5. The number of para-hydroxylation sites is 2. The molecule has 0 radical (unpaired) electrons. The minimum Gasteiger partial charge on any atom is -0.493 e. The topological polar surface area (TPSA) is 78.6 Å². The van der Waals surface area contributed by atoms with Crippen LogP contribution in [0.4, 0.5) is 5.82 Å². The summed E-state index contributed by atoms with van der Waals surface area (Å²) in [5.41, 5.74) is 2.39. The molecule has 1 saturated heterocycles. The van der Waals surface area contributed by atoms with Crippen LogP contribution in [0.25, 0.3) is 0 Å². The van der Waals surface area contributed by atoms with Gasteiger partial charge in [0.25, 0.3) is 0 Å². The number of hydrogen-bond donors (Lipinski definition) is 1. The number of pyridine rings is 1. The van der Waals surface area contributed by atoms with Crippen LogP contribution in [0.2, 0.25) is 0 Å². The minimum absolute atomic E-state index is 0.245. The van der Waals surface area contributed by atoms with E-state index < -0.39 is 6.10 Å². The molecule has 0 unspecified atom stereocenters. The molecule has 1 aromatic carbocycles. The number of hydrogen-bond acceptors (Lipinski definition) is 6. The van der Waals surface area contributed by atoms with Crippen LogP contribution in [0.1, 0.15) is 29.7 Å². The Bertz CT molecular complexity index is 916. The lowest BCUT2D eigenvalue weighted by Crippen LogP contribution is -2.42. The fourth-order valence-corrected chi connectivity index (χ4v) is 4.73. The predicted octanol–water partition coefficient (Wildman–Crippen LogP) is 3.23. The molecule has 4 atom stereocenters. The molecule has 0 amide bonds. The zero-order valence-electron chi connectivity index (χ0n) is 17.1. The van der Waals surface area contributed by atoms with Crippen molar-refractivity contribution in [3.63, 3.8) is 0 Å². The van der Waals surface area contributed by atoms with Crippen LogP contribution in [-0.4, -0.2) is 42.5 Å². The number of benzene rings is 1. The van der Waals surface area contributed by atoms with Gasteiger partial charge < -0.3 is 19.5 Å². The molecule has 0 bridgehead atoms. The van der Waals surface area contributed by atoms with Crippen LogP contribution in [0.3, 0.4) is 0 Å². The van der Waals surface area contributed by atoms with Gasteiger partial charge in [0, 0.05) is 13.1 Å². The Balaban J connectivity index is 1.49. The molecule has 2 aliphatic rings. The molecule has 6 nitrogen and oxygen atoms in total. The number of fused-ring (bicyclic) bond motifs is 1. The summed E-state index contributed by atoms with van der Waals surface area (Å²) in [6.45, 7) is 5.61. The smallest absolute Gasteiger partial charge is 0.161 e. The second kappa shape index (κ2) is 7.92. The van der Waals surface area contributed by atoms with Gasteiger partial charge in [-0.05, 0) is 62.3 Å². The third-order valence-corrected chi connectivity index (χ3v) is 6.25. The van der Waals surface area contributed by atoms with Crippen molar-refractivity contribution < 1.29 is 14.6 Å². The van der Waals surface area contributed by atoms with Crippen LogP contribution in [0.5, 0.6) is 11.5 Å². The molecule has 152 valence electrons. The van der Waals surface area contributed by atoms with Crippen molar-refractivity contribution in [2.75, 3.05) is 25.1 Å². The van der Waals surface area contributed by atoms with Crippen molar-refractivity contribution in [2.45, 2.75) is 38.9 Å². The summed E-state index contributed by atoms with van der Waals surface area (Å²) >= 11 is 0. The standard InChI is InChI=1S/C23H27N3O3/c1-14-8-23(25-15(2)18(14)11-24)26-12-16-9-19(27)22(10-17(16)13-26)29-21-7-5-4-6-20(21)28-3/h4-8,16-17,19,22,27H,9-10,12-13H2,1-3H3/t16-,17+,19+,22+/m0/s1. The summed E-state index contributed by atoms with van der Waals surface area (Å²) in [6, 6.07) is 11.8. The van der Waals surface area contributed by atoms with Gasteiger partial charge in [0.1, 0.15) is 18.0 Å². The average Bonchev–Trinajstić information content (AvgIpc) is 3.11. The first kappa shape index (κ1) is 19.5. The molecule has 0 spiro atoms. The normalized spacial score (nSPS) is 26.0. The summed E-state index contributed by atoms with van der Waals surface area (Å²) in [4.78, 5) is 6.95. The van der Waals surface area contributed by atoms with Gasteiger partial charge in [0.05, 0.1) is 24.5 Å². The second-order valence-electron chi connectivity index (χ2n) is 8.14. The molecule has 4 rings (SSSR count). The Kier molecular flexibility index (Phi) is 5.33. The van der Waals surface area contributed by atoms with Crippen LogP contribution in [0.15, 0.2) is 30.3 Å². The van der Waals surface area contributed by atoms with Gasteiger partial charge in [-0.25, -0.2) is 4.98 Å². The maximum absolute atomic E-state index is 10.7. The van der Waals surface area contributed by atoms with E-state index in [1.807, 2.05) is 44.2 Å². The number of aliphatic hydroxyl groups excluding tert-OH is 1. The van der Waals surface area contributed by atoms with Crippen LogP contribution in [-0.2, 0) is 0 Å². The number of methoxy groups -OCH3 is 1. The fraction of sp³-hybridized carbons (Fsp3) is 0.478. The van der Waals surface area contributed by atoms with E-state index in [1.165, 1.54) is 0 Å². The van der Waals surface area contributed by atoms with E-state index in [-0.39, 0.29) is 6.10 Å². The molecule has 1 aliphatic heterocycles. The molecule has 2 heterocycles. The lowest BCUT2D eigenvalue weighted by molar-refractivity contribution is -0.0240. The molecule has 1 aliphatic carbocycles. The summed E-state index contributed by atoms with van der Waals surface area (Å²) < 4.78 is 11.5. The fourth-order valence-electron chi connectivity index (χ4n) is 4.73. The number of anilines is 1. The Morgan fingerprint density at radius 1 is 1.14 bits per heavy atom. The third kappa shape index (κ3) is 3.75. The zero-order chi connectivity index (χ0) is 20.5. The van der Waals surface area contributed by atoms with Gasteiger partial charge in [0.15, 0.2) is 11.5 Å². The number of rotatable bonds is 4. The number of nitrogens with zero attached hydrogens (tertiary/aromatic N) is 3. The number of aromatic nitrogens is 1. The molecular formula is C23H27N3O3. The minimum atomic E-state index is -0.501.